The molecule has 0 atom stereocenters. The van der Waals surface area contributed by atoms with Gasteiger partial charge in [0, 0.05) is 11.8 Å². The molecular weight excluding hydrogens is 212 g/mol. The zero-order valence-electron chi connectivity index (χ0n) is 7.58. The van der Waals surface area contributed by atoms with Crippen molar-refractivity contribution in [2.24, 2.45) is 0 Å². The molecule has 75 valence electrons. The highest BCUT2D eigenvalue weighted by Gasteiger charge is 2.07. The molecule has 2 N–H and O–H groups in total. The first-order chi connectivity index (χ1) is 7.18. The minimum atomic E-state index is -0.189. The largest absolute Gasteiger partial charge is 0.504 e. The summed E-state index contributed by atoms with van der Waals surface area (Å²) in [4.78, 5) is 7.72. The predicted molar refractivity (Wildman–Crippen MR) is 56.7 cm³/mol. The predicted octanol–water partition coefficient (Wildman–Crippen LogP) is 2.11. The van der Waals surface area contributed by atoms with Crippen molar-refractivity contribution in [2.75, 3.05) is 0 Å². The molecule has 2 aromatic rings. The van der Waals surface area contributed by atoms with Crippen LogP contribution in [0.5, 0.6) is 11.5 Å². The highest BCUT2D eigenvalue weighted by atomic mass is 32.1. The smallest absolute Gasteiger partial charge is 0.158 e. The Kier molecular flexibility index (Phi) is 2.39. The van der Waals surface area contributed by atoms with Crippen LogP contribution in [0.4, 0.5) is 0 Å². The highest BCUT2D eigenvalue weighted by molar-refractivity contribution is 7.80. The van der Waals surface area contributed by atoms with Gasteiger partial charge in [-0.15, -0.1) is 0 Å². The summed E-state index contributed by atoms with van der Waals surface area (Å²) < 4.78 is 0. The maximum Gasteiger partial charge on any atom is 0.158 e. The van der Waals surface area contributed by atoms with E-state index in [9.17, 15) is 5.11 Å². The van der Waals surface area contributed by atoms with E-state index in [1.54, 1.807) is 12.3 Å². The van der Waals surface area contributed by atoms with Crippen LogP contribution in [0.15, 0.2) is 35.7 Å². The van der Waals surface area contributed by atoms with Crippen LogP contribution in [0.25, 0.3) is 11.1 Å². The lowest BCUT2D eigenvalue weighted by atomic mass is 10.1. The fraction of sp³-hybridized carbons (Fsp3) is 0. The number of rotatable bonds is 1. The zero-order chi connectivity index (χ0) is 10.8. The molecule has 5 heteroatoms. The lowest BCUT2D eigenvalue weighted by Gasteiger charge is -2.04. The molecule has 0 saturated heterocycles. The first-order valence-electron chi connectivity index (χ1n) is 4.18. The summed E-state index contributed by atoms with van der Waals surface area (Å²) in [6.45, 7) is 0. The lowest BCUT2D eigenvalue weighted by molar-refractivity contribution is 0.404. The Balaban J connectivity index is 2.55. The minimum absolute atomic E-state index is 0.165. The molecule has 0 fully saturated rings. The Hall–Kier alpha value is -1.88. The maximum atomic E-state index is 9.33. The molecule has 1 heterocycles. The van der Waals surface area contributed by atoms with E-state index in [0.29, 0.717) is 16.2 Å². The molecule has 1 radical (unpaired) electrons. The molecule has 0 spiro atoms. The molecule has 1 aromatic heterocycles. The van der Waals surface area contributed by atoms with E-state index < -0.39 is 0 Å². The van der Waals surface area contributed by atoms with Crippen LogP contribution in [0.1, 0.15) is 0 Å². The minimum Gasteiger partial charge on any atom is -0.504 e. The SMILES string of the molecule is Oc1ccc(-c2cncnc2[S])cc1O. The van der Waals surface area contributed by atoms with Crippen LogP contribution in [0, 0.1) is 0 Å². The Morgan fingerprint density at radius 3 is 2.60 bits per heavy atom. The molecule has 0 aliphatic heterocycles. The van der Waals surface area contributed by atoms with Crippen molar-refractivity contribution in [2.45, 2.75) is 5.03 Å². The first kappa shape index (κ1) is 9.67. The van der Waals surface area contributed by atoms with E-state index in [1.165, 1.54) is 18.5 Å². The second kappa shape index (κ2) is 3.70. The summed E-state index contributed by atoms with van der Waals surface area (Å²) in [5, 5.41) is 18.9. The van der Waals surface area contributed by atoms with Gasteiger partial charge in [-0.05, 0) is 17.7 Å². The molecule has 0 unspecified atom stereocenters. The van der Waals surface area contributed by atoms with Crippen molar-refractivity contribution in [3.63, 3.8) is 0 Å². The third-order valence-corrected chi connectivity index (χ3v) is 2.29. The number of benzene rings is 1. The number of phenolic OH excluding ortho intramolecular Hbond substituents is 2. The van der Waals surface area contributed by atoms with E-state index in [4.69, 9.17) is 17.7 Å². The van der Waals surface area contributed by atoms with Gasteiger partial charge in [0.25, 0.3) is 0 Å². The van der Waals surface area contributed by atoms with Crippen LogP contribution >= 0.6 is 12.6 Å². The van der Waals surface area contributed by atoms with Crippen molar-refractivity contribution in [1.82, 2.24) is 9.97 Å². The van der Waals surface area contributed by atoms with Crippen molar-refractivity contribution in [1.29, 1.82) is 0 Å². The van der Waals surface area contributed by atoms with Crippen molar-refractivity contribution < 1.29 is 10.2 Å². The number of nitrogens with zero attached hydrogens (tertiary/aromatic N) is 2. The van der Waals surface area contributed by atoms with E-state index in [1.807, 2.05) is 0 Å². The van der Waals surface area contributed by atoms with E-state index in [2.05, 4.69) is 9.97 Å². The van der Waals surface area contributed by atoms with Crippen molar-refractivity contribution in [3.8, 4) is 22.6 Å². The van der Waals surface area contributed by atoms with E-state index >= 15 is 0 Å². The molecule has 0 aliphatic carbocycles. The van der Waals surface area contributed by atoms with E-state index in [0.717, 1.165) is 0 Å². The Bertz CT molecular complexity index is 503. The molecule has 0 saturated carbocycles. The van der Waals surface area contributed by atoms with Gasteiger partial charge in [0.1, 0.15) is 11.4 Å². The molecule has 0 aliphatic rings. The quantitative estimate of drug-likeness (QED) is 0.569. The molecule has 0 bridgehead atoms. The summed E-state index contributed by atoms with van der Waals surface area (Å²) in [5.41, 5.74) is 1.33. The number of aromatic nitrogens is 2. The fourth-order valence-corrected chi connectivity index (χ4v) is 1.43. The summed E-state index contributed by atoms with van der Waals surface area (Å²) in [6, 6.07) is 4.46. The molecular formula is C10H7N2O2S. The molecule has 4 nitrogen and oxygen atoms in total. The van der Waals surface area contributed by atoms with Crippen LogP contribution in [-0.2, 0) is 0 Å². The number of phenols is 2. The molecule has 15 heavy (non-hydrogen) atoms. The van der Waals surface area contributed by atoms with Gasteiger partial charge in [0.05, 0.1) is 0 Å². The number of aromatic hydroxyl groups is 2. The molecule has 2 rings (SSSR count). The van der Waals surface area contributed by atoms with Gasteiger partial charge < -0.3 is 10.2 Å². The summed E-state index contributed by atoms with van der Waals surface area (Å²) in [5.74, 6) is -0.354. The van der Waals surface area contributed by atoms with Crippen molar-refractivity contribution >= 4 is 12.6 Å². The second-order valence-electron chi connectivity index (χ2n) is 2.95. The average molecular weight is 219 g/mol. The molecule has 0 amide bonds. The van der Waals surface area contributed by atoms with Gasteiger partial charge in [-0.1, -0.05) is 18.7 Å². The van der Waals surface area contributed by atoms with Gasteiger partial charge >= 0.3 is 0 Å². The standard InChI is InChI=1S/C10H7N2O2S/c13-8-2-1-6(3-9(8)14)7-4-11-5-12-10(7)15/h1-5,13-14H. The summed E-state index contributed by atoms with van der Waals surface area (Å²) in [7, 11) is 0. The molecule has 1 aromatic carbocycles. The maximum absolute atomic E-state index is 9.33. The second-order valence-corrected chi connectivity index (χ2v) is 3.33. The Morgan fingerprint density at radius 1 is 1.13 bits per heavy atom. The topological polar surface area (TPSA) is 66.2 Å². The summed E-state index contributed by atoms with van der Waals surface area (Å²) in [6.07, 6.45) is 2.94. The van der Waals surface area contributed by atoms with Crippen molar-refractivity contribution in [3.05, 3.63) is 30.7 Å². The fourth-order valence-electron chi connectivity index (χ4n) is 1.21. The normalized spacial score (nSPS) is 10.1. The number of hydrogen-bond acceptors (Lipinski definition) is 4. The van der Waals surface area contributed by atoms with Gasteiger partial charge in [-0.3, -0.25) is 0 Å². The van der Waals surface area contributed by atoms with Crippen LogP contribution in [-0.4, -0.2) is 20.2 Å². The van der Waals surface area contributed by atoms with Crippen LogP contribution in [0.3, 0.4) is 0 Å². The van der Waals surface area contributed by atoms with Gasteiger partial charge in [0.2, 0.25) is 0 Å². The zero-order valence-corrected chi connectivity index (χ0v) is 8.40. The number of hydrogen-bond donors (Lipinski definition) is 2. The van der Waals surface area contributed by atoms with Crippen LogP contribution < -0.4 is 0 Å². The summed E-state index contributed by atoms with van der Waals surface area (Å²) >= 11 is 5.01. The first-order valence-corrected chi connectivity index (χ1v) is 4.58. The lowest BCUT2D eigenvalue weighted by Crippen LogP contribution is -1.85. The average Bonchev–Trinajstić information content (AvgIpc) is 2.23. The van der Waals surface area contributed by atoms with Crippen LogP contribution in [0.2, 0.25) is 0 Å². The monoisotopic (exact) mass is 219 g/mol. The third-order valence-electron chi connectivity index (χ3n) is 1.96. The van der Waals surface area contributed by atoms with Gasteiger partial charge in [-0.25, -0.2) is 9.97 Å². The Morgan fingerprint density at radius 2 is 1.93 bits per heavy atom. The van der Waals surface area contributed by atoms with E-state index in [-0.39, 0.29) is 11.5 Å². The van der Waals surface area contributed by atoms with Gasteiger partial charge in [-0.2, -0.15) is 0 Å². The van der Waals surface area contributed by atoms with Gasteiger partial charge in [0.15, 0.2) is 11.5 Å². The third kappa shape index (κ3) is 1.82. The highest BCUT2D eigenvalue weighted by Crippen LogP contribution is 2.31. The Labute approximate surface area is 91.7 Å².